The van der Waals surface area contributed by atoms with Gasteiger partial charge in [0.1, 0.15) is 6.23 Å². The van der Waals surface area contributed by atoms with E-state index >= 15 is 0 Å². The van der Waals surface area contributed by atoms with Crippen LogP contribution in [-0.4, -0.2) is 51.8 Å². The Bertz CT molecular complexity index is 1150. The van der Waals surface area contributed by atoms with Gasteiger partial charge < -0.3 is 34.6 Å². The van der Waals surface area contributed by atoms with Crippen LogP contribution in [0.3, 0.4) is 0 Å². The zero-order valence-corrected chi connectivity index (χ0v) is 18.2. The summed E-state index contributed by atoms with van der Waals surface area (Å²) < 4.78 is 42.0. The van der Waals surface area contributed by atoms with Crippen molar-refractivity contribution in [2.75, 3.05) is 12.3 Å². The number of nitrogens with one attached hydrogen (secondary N) is 1. The maximum atomic E-state index is 11.8. The summed E-state index contributed by atoms with van der Waals surface area (Å²) in [6.07, 6.45) is 0.931. The number of nitrogens with zero attached hydrogens (tertiary/aromatic N) is 3. The molecule has 0 amide bonds. The molecule has 0 bridgehead atoms. The molecule has 20 heteroatoms. The molecule has 7 N–H and O–H groups in total. The van der Waals surface area contributed by atoms with E-state index in [2.05, 4.69) is 35.4 Å². The van der Waals surface area contributed by atoms with Crippen molar-refractivity contribution in [1.82, 2.24) is 19.5 Å². The molecule has 0 aliphatic carbocycles. The lowest BCUT2D eigenvalue weighted by molar-refractivity contribution is -0.0178. The zero-order chi connectivity index (χ0) is 22.3. The minimum Gasteiger partial charge on any atom is -0.369 e. The standard InChI is InChI=1S/C10H16N5O11P3S/c11-10-13-8-7(9(16)14-10)12-4-15(8)6-2-1-5(24-6)3-23-29(22,30)26-28(20,21)25-27(17,18)19/h4-6H,1-3H2,(H,20,21)(H,22,30)(H2,17,18,19)(H3,11,13,14,16). The Kier molecular flexibility index (Phi) is 6.66. The molecule has 1 saturated heterocycles. The van der Waals surface area contributed by atoms with Crippen molar-refractivity contribution in [3.63, 3.8) is 0 Å². The van der Waals surface area contributed by atoms with Gasteiger partial charge in [0, 0.05) is 0 Å². The van der Waals surface area contributed by atoms with E-state index in [1.54, 1.807) is 0 Å². The third-order valence-electron chi connectivity index (χ3n) is 3.69. The maximum Gasteiger partial charge on any atom is 0.488 e. The number of anilines is 1. The average Bonchev–Trinajstić information content (AvgIpc) is 3.15. The summed E-state index contributed by atoms with van der Waals surface area (Å²) in [6, 6.07) is 0. The molecular formula is C10H16N5O11P3S. The molecule has 2 aromatic rings. The Morgan fingerprint density at radius 2 is 2.00 bits per heavy atom. The Hall–Kier alpha value is -1.06. The second-order valence-electron chi connectivity index (χ2n) is 5.95. The highest BCUT2D eigenvalue weighted by Crippen LogP contribution is 2.66. The Morgan fingerprint density at radius 1 is 1.30 bits per heavy atom. The maximum absolute atomic E-state index is 11.8. The monoisotopic (exact) mass is 507 g/mol. The van der Waals surface area contributed by atoms with Crippen LogP contribution in [0.1, 0.15) is 19.1 Å². The molecule has 4 atom stereocenters. The molecular weight excluding hydrogens is 491 g/mol. The van der Waals surface area contributed by atoms with Gasteiger partial charge in [-0.2, -0.15) is 9.29 Å². The summed E-state index contributed by atoms with van der Waals surface area (Å²) in [7, 11) is -10.8. The third-order valence-corrected chi connectivity index (χ3v) is 8.40. The summed E-state index contributed by atoms with van der Waals surface area (Å²) >= 11 is 4.54. The SMILES string of the molecule is Nc1nc2c(ncn2C2CCC(COP(O)(=S)OP(=O)(O)OP(=O)(O)O)O2)c(=O)[nH]1. The summed E-state index contributed by atoms with van der Waals surface area (Å²) in [5.41, 5.74) is 5.30. The number of hydrogen-bond donors (Lipinski definition) is 6. The van der Waals surface area contributed by atoms with E-state index in [-0.39, 0.29) is 23.7 Å². The molecule has 16 nitrogen and oxygen atoms in total. The number of nitrogens with two attached hydrogens (primary N) is 1. The fraction of sp³-hybridized carbons (Fsp3) is 0.500. The van der Waals surface area contributed by atoms with Crippen LogP contribution in [-0.2, 0) is 38.8 Å². The fourth-order valence-electron chi connectivity index (χ4n) is 2.65. The first-order chi connectivity index (χ1) is 13.7. The van der Waals surface area contributed by atoms with Gasteiger partial charge in [0.15, 0.2) is 11.2 Å². The average molecular weight is 507 g/mol. The van der Waals surface area contributed by atoms with Crippen LogP contribution >= 0.6 is 22.4 Å². The number of hydrogen-bond acceptors (Lipinski definition) is 11. The van der Waals surface area contributed by atoms with Gasteiger partial charge in [-0.1, -0.05) is 0 Å². The topological polar surface area (TPSA) is 242 Å². The molecule has 1 aliphatic heterocycles. The molecule has 0 radical (unpaired) electrons. The van der Waals surface area contributed by atoms with Crippen LogP contribution in [0.15, 0.2) is 11.1 Å². The van der Waals surface area contributed by atoms with Crippen LogP contribution in [0.4, 0.5) is 5.95 Å². The van der Waals surface area contributed by atoms with Crippen molar-refractivity contribution >= 4 is 51.3 Å². The van der Waals surface area contributed by atoms with Gasteiger partial charge in [-0.05, 0) is 24.6 Å². The van der Waals surface area contributed by atoms with Gasteiger partial charge in [-0.3, -0.25) is 14.3 Å². The summed E-state index contributed by atoms with van der Waals surface area (Å²) in [5.74, 6) is -0.101. The fourth-order valence-corrected chi connectivity index (χ4v) is 6.64. The highest BCUT2D eigenvalue weighted by Gasteiger charge is 2.39. The van der Waals surface area contributed by atoms with Gasteiger partial charge in [0.05, 0.1) is 19.0 Å². The Balaban J connectivity index is 1.62. The van der Waals surface area contributed by atoms with Crippen LogP contribution in [0, 0.1) is 0 Å². The highest BCUT2D eigenvalue weighted by molar-refractivity contribution is 8.08. The zero-order valence-electron chi connectivity index (χ0n) is 14.7. The predicted molar refractivity (Wildman–Crippen MR) is 102 cm³/mol. The number of fused-ring (bicyclic) bond motifs is 1. The molecule has 168 valence electrons. The molecule has 1 fully saturated rings. The first-order valence-corrected chi connectivity index (χ1v) is 13.5. The van der Waals surface area contributed by atoms with Gasteiger partial charge in [-0.25, -0.2) is 18.4 Å². The lowest BCUT2D eigenvalue weighted by Gasteiger charge is -2.21. The molecule has 1 aliphatic rings. The molecule has 30 heavy (non-hydrogen) atoms. The van der Waals surface area contributed by atoms with Crippen molar-refractivity contribution in [2.45, 2.75) is 25.2 Å². The van der Waals surface area contributed by atoms with Crippen molar-refractivity contribution in [3.8, 4) is 0 Å². The summed E-state index contributed by atoms with van der Waals surface area (Å²) in [5, 5.41) is 0. The van der Waals surface area contributed by atoms with E-state index < -0.39 is 40.3 Å². The van der Waals surface area contributed by atoms with Gasteiger partial charge >= 0.3 is 22.4 Å². The second-order valence-corrected chi connectivity index (χ2v) is 11.8. The van der Waals surface area contributed by atoms with E-state index in [4.69, 9.17) is 24.8 Å². The summed E-state index contributed by atoms with van der Waals surface area (Å²) in [4.78, 5) is 58.3. The number of phosphoric acid groups is 2. The van der Waals surface area contributed by atoms with Crippen molar-refractivity contribution in [3.05, 3.63) is 16.7 Å². The molecule has 0 spiro atoms. The Labute approximate surface area is 172 Å². The molecule has 3 rings (SSSR count). The van der Waals surface area contributed by atoms with Crippen molar-refractivity contribution < 1.29 is 46.6 Å². The lowest BCUT2D eigenvalue weighted by atomic mass is 10.2. The number of aromatic nitrogens is 4. The molecule has 3 heterocycles. The minimum absolute atomic E-state index is 0.0653. The number of H-pyrrole nitrogens is 1. The van der Waals surface area contributed by atoms with Crippen LogP contribution in [0.2, 0.25) is 0 Å². The molecule has 0 saturated carbocycles. The van der Waals surface area contributed by atoms with E-state index in [1.165, 1.54) is 10.9 Å². The number of imidazole rings is 1. The number of nitrogen functional groups attached to an aromatic ring is 1. The van der Waals surface area contributed by atoms with Gasteiger partial charge in [-0.15, -0.1) is 0 Å². The van der Waals surface area contributed by atoms with Crippen molar-refractivity contribution in [1.29, 1.82) is 0 Å². The molecule has 0 aromatic carbocycles. The van der Waals surface area contributed by atoms with Crippen molar-refractivity contribution in [2.24, 2.45) is 0 Å². The smallest absolute Gasteiger partial charge is 0.369 e. The van der Waals surface area contributed by atoms with E-state index in [0.717, 1.165) is 0 Å². The number of rotatable bonds is 8. The lowest BCUT2D eigenvalue weighted by Crippen LogP contribution is -2.17. The predicted octanol–water partition coefficient (Wildman–Crippen LogP) is -0.161. The van der Waals surface area contributed by atoms with Gasteiger partial charge in [0.2, 0.25) is 5.95 Å². The molecule has 4 unspecified atom stereocenters. The first kappa shape index (κ1) is 23.6. The van der Waals surface area contributed by atoms with Crippen LogP contribution in [0.5, 0.6) is 0 Å². The van der Waals surface area contributed by atoms with Gasteiger partial charge in [0.25, 0.3) is 5.56 Å². The van der Waals surface area contributed by atoms with E-state index in [9.17, 15) is 23.7 Å². The quantitative estimate of drug-likeness (QED) is 0.254. The molecule has 2 aromatic heterocycles. The normalized spacial score (nSPS) is 24.0. The highest BCUT2D eigenvalue weighted by atomic mass is 32.5. The van der Waals surface area contributed by atoms with Crippen LogP contribution < -0.4 is 11.3 Å². The minimum atomic E-state index is -5.38. The van der Waals surface area contributed by atoms with E-state index in [0.29, 0.717) is 12.8 Å². The van der Waals surface area contributed by atoms with E-state index in [1.807, 2.05) is 0 Å². The first-order valence-electron chi connectivity index (χ1n) is 7.91. The Morgan fingerprint density at radius 3 is 2.67 bits per heavy atom. The number of ether oxygens (including phenoxy) is 1. The second kappa shape index (κ2) is 8.47. The number of aromatic amines is 1. The third kappa shape index (κ3) is 6.01. The van der Waals surface area contributed by atoms with Crippen LogP contribution in [0.25, 0.3) is 11.2 Å². The summed E-state index contributed by atoms with van der Waals surface area (Å²) in [6.45, 7) is -4.78. The largest absolute Gasteiger partial charge is 0.488 e.